The lowest BCUT2D eigenvalue weighted by molar-refractivity contribution is -0.128. The van der Waals surface area contributed by atoms with Crippen molar-refractivity contribution >= 4 is 5.91 Å². The fraction of sp³-hybridized carbons (Fsp3) is 0.667. The highest BCUT2D eigenvalue weighted by Crippen LogP contribution is 2.06. The number of carbonyl (C=O) groups excluding carboxylic acids is 1. The van der Waals surface area contributed by atoms with Crippen LogP contribution in [0, 0.1) is 6.92 Å². The highest BCUT2D eigenvalue weighted by Gasteiger charge is 2.14. The molecule has 100 valence electrons. The number of aryl methyl sites for hydroxylation is 1. The first-order valence-corrected chi connectivity index (χ1v) is 6.25. The molecule has 1 aliphatic heterocycles. The van der Waals surface area contributed by atoms with Gasteiger partial charge in [0.2, 0.25) is 5.91 Å². The van der Waals surface area contributed by atoms with Crippen molar-refractivity contribution in [2.24, 2.45) is 0 Å². The Balaban J connectivity index is 1.62. The van der Waals surface area contributed by atoms with Crippen LogP contribution in [0.15, 0.2) is 10.6 Å². The van der Waals surface area contributed by atoms with Gasteiger partial charge in [-0.05, 0) is 32.9 Å². The fourth-order valence-electron chi connectivity index (χ4n) is 1.90. The molecule has 6 heteroatoms. The number of aromatic nitrogens is 1. The van der Waals surface area contributed by atoms with Gasteiger partial charge in [-0.15, -0.1) is 0 Å². The number of hydrogen-bond donors (Lipinski definition) is 2. The SMILES string of the molecule is Cc1cc(CNC(=O)COC2CCNCC2)no1. The molecule has 0 atom stereocenters. The van der Waals surface area contributed by atoms with Gasteiger partial charge in [0.1, 0.15) is 18.1 Å². The summed E-state index contributed by atoms with van der Waals surface area (Å²) in [4.78, 5) is 11.6. The summed E-state index contributed by atoms with van der Waals surface area (Å²) in [5, 5.41) is 9.80. The van der Waals surface area contributed by atoms with Crippen LogP contribution >= 0.6 is 0 Å². The minimum Gasteiger partial charge on any atom is -0.368 e. The average molecular weight is 253 g/mol. The second kappa shape index (κ2) is 6.51. The molecule has 0 aromatic carbocycles. The van der Waals surface area contributed by atoms with Gasteiger partial charge in [0.05, 0.1) is 12.6 Å². The zero-order valence-electron chi connectivity index (χ0n) is 10.6. The Labute approximate surface area is 106 Å². The van der Waals surface area contributed by atoms with Crippen molar-refractivity contribution < 1.29 is 14.1 Å². The third-order valence-electron chi connectivity index (χ3n) is 2.88. The first kappa shape index (κ1) is 13.0. The van der Waals surface area contributed by atoms with Crippen molar-refractivity contribution in [2.45, 2.75) is 32.4 Å². The number of nitrogens with one attached hydrogen (secondary N) is 2. The zero-order valence-corrected chi connectivity index (χ0v) is 10.6. The van der Waals surface area contributed by atoms with Crippen LogP contribution < -0.4 is 10.6 Å². The van der Waals surface area contributed by atoms with Gasteiger partial charge in [0.25, 0.3) is 0 Å². The van der Waals surface area contributed by atoms with Gasteiger partial charge < -0.3 is 19.9 Å². The van der Waals surface area contributed by atoms with E-state index in [0.717, 1.165) is 37.4 Å². The number of ether oxygens (including phenoxy) is 1. The number of piperidine rings is 1. The molecule has 1 amide bonds. The van der Waals surface area contributed by atoms with Gasteiger partial charge in [-0.2, -0.15) is 0 Å². The van der Waals surface area contributed by atoms with Crippen LogP contribution in [0.3, 0.4) is 0 Å². The molecule has 2 rings (SSSR count). The van der Waals surface area contributed by atoms with E-state index in [2.05, 4.69) is 15.8 Å². The molecule has 2 N–H and O–H groups in total. The van der Waals surface area contributed by atoms with Crippen LogP contribution in [0.25, 0.3) is 0 Å². The Morgan fingerprint density at radius 2 is 2.39 bits per heavy atom. The summed E-state index contributed by atoms with van der Waals surface area (Å²) in [6.07, 6.45) is 2.14. The molecule has 6 nitrogen and oxygen atoms in total. The summed E-state index contributed by atoms with van der Waals surface area (Å²) in [6, 6.07) is 1.80. The minimum absolute atomic E-state index is 0.113. The van der Waals surface area contributed by atoms with E-state index in [1.165, 1.54) is 0 Å². The standard InChI is InChI=1S/C12H19N3O3/c1-9-6-10(15-18-9)7-14-12(16)8-17-11-2-4-13-5-3-11/h6,11,13H,2-5,7-8H2,1H3,(H,14,16). The molecule has 1 fully saturated rings. The van der Waals surface area contributed by atoms with E-state index in [-0.39, 0.29) is 18.6 Å². The molecular formula is C12H19N3O3. The zero-order chi connectivity index (χ0) is 12.8. The second-order valence-electron chi connectivity index (χ2n) is 4.47. The summed E-state index contributed by atoms with van der Waals surface area (Å²) in [6.45, 7) is 4.24. The number of hydrogen-bond acceptors (Lipinski definition) is 5. The molecule has 0 radical (unpaired) electrons. The van der Waals surface area contributed by atoms with Crippen LogP contribution in [-0.4, -0.2) is 36.9 Å². The predicted molar refractivity (Wildman–Crippen MR) is 64.9 cm³/mol. The van der Waals surface area contributed by atoms with Crippen LogP contribution in [0.2, 0.25) is 0 Å². The van der Waals surface area contributed by atoms with Crippen molar-refractivity contribution in [2.75, 3.05) is 19.7 Å². The van der Waals surface area contributed by atoms with Gasteiger partial charge >= 0.3 is 0 Å². The largest absolute Gasteiger partial charge is 0.368 e. The average Bonchev–Trinajstić information content (AvgIpc) is 2.81. The topological polar surface area (TPSA) is 76.4 Å². The number of carbonyl (C=O) groups is 1. The molecule has 1 saturated heterocycles. The summed E-state index contributed by atoms with van der Waals surface area (Å²) in [5.41, 5.74) is 0.725. The maximum atomic E-state index is 11.6. The summed E-state index contributed by atoms with van der Waals surface area (Å²) in [7, 11) is 0. The van der Waals surface area contributed by atoms with Crippen molar-refractivity contribution in [1.29, 1.82) is 0 Å². The van der Waals surface area contributed by atoms with Crippen LogP contribution in [0.5, 0.6) is 0 Å². The summed E-state index contributed by atoms with van der Waals surface area (Å²) in [5.74, 6) is 0.624. The molecule has 18 heavy (non-hydrogen) atoms. The molecule has 2 heterocycles. The number of nitrogens with zero attached hydrogens (tertiary/aromatic N) is 1. The molecule has 0 saturated carbocycles. The Bertz CT molecular complexity index is 386. The van der Waals surface area contributed by atoms with Crippen LogP contribution in [-0.2, 0) is 16.1 Å². The molecular weight excluding hydrogens is 234 g/mol. The van der Waals surface area contributed by atoms with Crippen molar-refractivity contribution in [3.63, 3.8) is 0 Å². The van der Waals surface area contributed by atoms with Gasteiger partial charge in [-0.25, -0.2) is 0 Å². The minimum atomic E-state index is -0.116. The van der Waals surface area contributed by atoms with Crippen molar-refractivity contribution in [3.05, 3.63) is 17.5 Å². The first-order chi connectivity index (χ1) is 8.74. The van der Waals surface area contributed by atoms with Gasteiger partial charge in [-0.1, -0.05) is 5.16 Å². The van der Waals surface area contributed by atoms with Gasteiger partial charge in [-0.3, -0.25) is 4.79 Å². The lowest BCUT2D eigenvalue weighted by Crippen LogP contribution is -2.35. The third kappa shape index (κ3) is 4.12. The normalized spacial score (nSPS) is 16.7. The Morgan fingerprint density at radius 1 is 1.61 bits per heavy atom. The lowest BCUT2D eigenvalue weighted by atomic mass is 10.1. The number of amides is 1. The van der Waals surface area contributed by atoms with Crippen molar-refractivity contribution in [3.8, 4) is 0 Å². The van der Waals surface area contributed by atoms with Crippen molar-refractivity contribution in [1.82, 2.24) is 15.8 Å². The maximum Gasteiger partial charge on any atom is 0.246 e. The molecule has 1 aromatic heterocycles. The van der Waals surface area contributed by atoms with E-state index in [1.807, 2.05) is 6.92 Å². The molecule has 1 aliphatic rings. The third-order valence-corrected chi connectivity index (χ3v) is 2.88. The lowest BCUT2D eigenvalue weighted by Gasteiger charge is -2.22. The Hall–Kier alpha value is -1.40. The summed E-state index contributed by atoms with van der Waals surface area (Å²) >= 11 is 0. The van der Waals surface area contributed by atoms with Gasteiger partial charge in [0.15, 0.2) is 0 Å². The maximum absolute atomic E-state index is 11.6. The highest BCUT2D eigenvalue weighted by molar-refractivity contribution is 5.77. The fourth-order valence-corrected chi connectivity index (χ4v) is 1.90. The second-order valence-corrected chi connectivity index (χ2v) is 4.47. The monoisotopic (exact) mass is 253 g/mol. The smallest absolute Gasteiger partial charge is 0.246 e. The van der Waals surface area contributed by atoms with Crippen LogP contribution in [0.4, 0.5) is 0 Å². The molecule has 0 unspecified atom stereocenters. The van der Waals surface area contributed by atoms with E-state index in [1.54, 1.807) is 6.07 Å². The molecule has 0 spiro atoms. The van der Waals surface area contributed by atoms with E-state index >= 15 is 0 Å². The van der Waals surface area contributed by atoms with Gasteiger partial charge in [0, 0.05) is 6.07 Å². The Kier molecular flexibility index (Phi) is 4.72. The first-order valence-electron chi connectivity index (χ1n) is 6.25. The number of rotatable bonds is 5. The van der Waals surface area contributed by atoms with Crippen LogP contribution in [0.1, 0.15) is 24.3 Å². The Morgan fingerprint density at radius 3 is 3.06 bits per heavy atom. The highest BCUT2D eigenvalue weighted by atomic mass is 16.5. The molecule has 0 aliphatic carbocycles. The quantitative estimate of drug-likeness (QED) is 0.792. The molecule has 0 bridgehead atoms. The predicted octanol–water partition coefficient (Wildman–Crippen LogP) is 0.368. The van der Waals surface area contributed by atoms with E-state index in [4.69, 9.17) is 9.26 Å². The summed E-state index contributed by atoms with van der Waals surface area (Å²) < 4.78 is 10.5. The van der Waals surface area contributed by atoms with E-state index in [9.17, 15) is 4.79 Å². The van der Waals surface area contributed by atoms with E-state index < -0.39 is 0 Å². The molecule has 1 aromatic rings. The van der Waals surface area contributed by atoms with E-state index in [0.29, 0.717) is 6.54 Å².